The number of hydrogen-bond donors (Lipinski definition) is 2. The highest BCUT2D eigenvalue weighted by molar-refractivity contribution is 6.77. The van der Waals surface area contributed by atoms with Crippen molar-refractivity contribution >= 4 is 20.4 Å². The maximum Gasteiger partial charge on any atom is 0.407 e. The Morgan fingerprint density at radius 2 is 1.30 bits per heavy atom. The molecule has 6 nitrogen and oxygen atoms in total. The minimum atomic E-state index is -2.43. The molecule has 0 spiro atoms. The summed E-state index contributed by atoms with van der Waals surface area (Å²) in [5.74, 6) is -1.18. The smallest absolute Gasteiger partial charge is 0.407 e. The monoisotopic (exact) mass is 403 g/mol. The van der Waals surface area contributed by atoms with E-state index in [2.05, 4.69) is 46.9 Å². The topological polar surface area (TPSA) is 84.9 Å². The first-order valence-electron chi connectivity index (χ1n) is 9.96. The molecule has 2 N–H and O–H groups in total. The average molecular weight is 404 g/mol. The van der Waals surface area contributed by atoms with Crippen molar-refractivity contribution in [1.29, 1.82) is 0 Å². The molecule has 0 aromatic heterocycles. The molecule has 0 saturated carbocycles. The van der Waals surface area contributed by atoms with Crippen molar-refractivity contribution in [3.05, 3.63) is 0 Å². The molecule has 0 radical (unpaired) electrons. The number of carbonyl (C=O) groups is 2. The van der Waals surface area contributed by atoms with Gasteiger partial charge in [-0.25, -0.2) is 9.59 Å². The first kappa shape index (κ1) is 25.9. The molecule has 0 heterocycles. The summed E-state index contributed by atoms with van der Waals surface area (Å²) in [6.45, 7) is 21.7. The number of alkyl carbamates (subject to hydrolysis) is 1. The van der Waals surface area contributed by atoms with Gasteiger partial charge in [0.05, 0.1) is 6.04 Å². The molecule has 0 rings (SSSR count). The van der Waals surface area contributed by atoms with Crippen molar-refractivity contribution in [3.63, 3.8) is 0 Å². The van der Waals surface area contributed by atoms with Gasteiger partial charge >= 0.3 is 12.1 Å². The van der Waals surface area contributed by atoms with E-state index in [9.17, 15) is 14.7 Å². The Morgan fingerprint density at radius 3 is 1.56 bits per heavy atom. The van der Waals surface area contributed by atoms with Gasteiger partial charge in [-0.05, 0) is 43.3 Å². The molecule has 27 heavy (non-hydrogen) atoms. The molecule has 1 amide bonds. The summed E-state index contributed by atoms with van der Waals surface area (Å²) < 4.78 is 11.8. The molecule has 160 valence electrons. The molecule has 0 aliphatic heterocycles. The quantitative estimate of drug-likeness (QED) is 0.518. The Labute approximate surface area is 166 Å². The SMILES string of the molecule is CC(C)[C@H](NC(=O)OC(C)(C)C)[C@@H](O[Si](C(C)C)(C(C)C)C(C)C)C(=O)O. The highest BCUT2D eigenvalue weighted by Gasteiger charge is 2.49. The van der Waals surface area contributed by atoms with E-state index in [0.29, 0.717) is 0 Å². The van der Waals surface area contributed by atoms with Crippen molar-refractivity contribution < 1.29 is 23.9 Å². The van der Waals surface area contributed by atoms with Crippen molar-refractivity contribution in [2.24, 2.45) is 5.92 Å². The molecule has 0 aliphatic rings. The number of carbonyl (C=O) groups excluding carboxylic acids is 1. The van der Waals surface area contributed by atoms with E-state index in [0.717, 1.165) is 0 Å². The van der Waals surface area contributed by atoms with Crippen molar-refractivity contribution in [2.45, 2.75) is 111 Å². The summed E-state index contributed by atoms with van der Waals surface area (Å²) >= 11 is 0. The number of nitrogens with one attached hydrogen (secondary N) is 1. The molecular formula is C20H41NO5Si. The highest BCUT2D eigenvalue weighted by Crippen LogP contribution is 2.43. The van der Waals surface area contributed by atoms with Crippen LogP contribution in [-0.4, -0.2) is 43.2 Å². The van der Waals surface area contributed by atoms with Crippen molar-refractivity contribution in [2.75, 3.05) is 0 Å². The zero-order valence-corrected chi connectivity index (χ0v) is 20.0. The molecule has 0 aromatic carbocycles. The Balaban J connectivity index is 5.87. The first-order chi connectivity index (χ1) is 12.1. The lowest BCUT2D eigenvalue weighted by atomic mass is 9.99. The van der Waals surface area contributed by atoms with Gasteiger partial charge in [-0.1, -0.05) is 55.4 Å². The minimum absolute atomic E-state index is 0.128. The van der Waals surface area contributed by atoms with Crippen LogP contribution in [0.4, 0.5) is 4.79 Å². The van der Waals surface area contributed by atoms with Gasteiger partial charge in [0.1, 0.15) is 5.60 Å². The molecule has 0 unspecified atom stereocenters. The largest absolute Gasteiger partial charge is 0.479 e. The van der Waals surface area contributed by atoms with Gasteiger partial charge in [0, 0.05) is 0 Å². The number of amides is 1. The zero-order valence-electron chi connectivity index (χ0n) is 19.0. The lowest BCUT2D eigenvalue weighted by Crippen LogP contribution is -2.59. The maximum atomic E-state index is 12.3. The molecule has 0 aromatic rings. The minimum Gasteiger partial charge on any atom is -0.479 e. The predicted molar refractivity (Wildman–Crippen MR) is 112 cm³/mol. The standard InChI is InChI=1S/C20H41NO5Si/c1-12(2)16(21-19(24)25-20(9,10)11)17(18(22)23)26-27(13(3)4,14(5)6)15(7)8/h12-17H,1-11H3,(H,21,24)(H,22,23)/t16-,17+/m0/s1. The lowest BCUT2D eigenvalue weighted by Gasteiger charge is -2.45. The normalized spacial score (nSPS) is 15.4. The summed E-state index contributed by atoms with van der Waals surface area (Å²) in [7, 11) is -2.43. The van der Waals surface area contributed by atoms with Crippen LogP contribution >= 0.6 is 0 Å². The van der Waals surface area contributed by atoms with Crippen LogP contribution < -0.4 is 5.32 Å². The lowest BCUT2D eigenvalue weighted by molar-refractivity contribution is -0.147. The van der Waals surface area contributed by atoms with Crippen molar-refractivity contribution in [1.82, 2.24) is 5.32 Å². The summed E-state index contributed by atoms with van der Waals surface area (Å²) in [5.41, 5.74) is 0.0772. The van der Waals surface area contributed by atoms with E-state index in [1.807, 2.05) is 13.8 Å². The van der Waals surface area contributed by atoms with Crippen LogP contribution in [0.5, 0.6) is 0 Å². The van der Waals surface area contributed by atoms with Crippen LogP contribution in [0.25, 0.3) is 0 Å². The fourth-order valence-electron chi connectivity index (χ4n) is 3.94. The van der Waals surface area contributed by atoms with E-state index in [-0.39, 0.29) is 22.5 Å². The van der Waals surface area contributed by atoms with E-state index in [1.165, 1.54) is 0 Å². The van der Waals surface area contributed by atoms with Crippen LogP contribution in [0.15, 0.2) is 0 Å². The molecule has 0 fully saturated rings. The second-order valence-corrected chi connectivity index (χ2v) is 15.0. The number of carboxylic acids is 1. The second kappa shape index (κ2) is 9.91. The summed E-state index contributed by atoms with van der Waals surface area (Å²) in [6, 6.07) is -0.680. The summed E-state index contributed by atoms with van der Waals surface area (Å²) in [6.07, 6.45) is -1.74. The molecule has 0 saturated heterocycles. The van der Waals surface area contributed by atoms with Crippen LogP contribution in [0.3, 0.4) is 0 Å². The van der Waals surface area contributed by atoms with E-state index < -0.39 is 38.1 Å². The van der Waals surface area contributed by atoms with Crippen LogP contribution in [0.1, 0.15) is 76.2 Å². The first-order valence-corrected chi connectivity index (χ1v) is 12.1. The highest BCUT2D eigenvalue weighted by atomic mass is 28.4. The van der Waals surface area contributed by atoms with Gasteiger partial charge in [-0.15, -0.1) is 0 Å². The summed E-state index contributed by atoms with van der Waals surface area (Å²) in [5, 5.41) is 12.7. The van der Waals surface area contributed by atoms with Gasteiger partial charge < -0.3 is 19.6 Å². The third kappa shape index (κ3) is 7.10. The Kier molecular flexibility index (Phi) is 9.52. The van der Waals surface area contributed by atoms with E-state index in [1.54, 1.807) is 20.8 Å². The Morgan fingerprint density at radius 1 is 0.889 bits per heavy atom. The molecule has 0 aliphatic carbocycles. The fourth-order valence-corrected chi connectivity index (χ4v) is 9.44. The Hall–Kier alpha value is -1.08. The average Bonchev–Trinajstić information content (AvgIpc) is 2.42. The van der Waals surface area contributed by atoms with Crippen LogP contribution in [0, 0.1) is 5.92 Å². The third-order valence-corrected chi connectivity index (χ3v) is 11.1. The zero-order chi connectivity index (χ0) is 21.7. The number of hydrogen-bond acceptors (Lipinski definition) is 4. The molecule has 2 atom stereocenters. The van der Waals surface area contributed by atoms with E-state index >= 15 is 0 Å². The van der Waals surface area contributed by atoms with Gasteiger partial charge in [0.2, 0.25) is 8.32 Å². The van der Waals surface area contributed by atoms with Gasteiger partial charge in [-0.2, -0.15) is 0 Å². The second-order valence-electron chi connectivity index (χ2n) is 9.61. The van der Waals surface area contributed by atoms with Gasteiger partial charge in [0.15, 0.2) is 6.10 Å². The number of carboxylic acid groups (broad SMARTS) is 1. The number of aliphatic carboxylic acids is 1. The Bertz CT molecular complexity index is 475. The molecule has 0 bridgehead atoms. The summed E-state index contributed by atoms with van der Waals surface area (Å²) in [4.78, 5) is 24.5. The number of ether oxygens (including phenoxy) is 1. The van der Waals surface area contributed by atoms with Crippen LogP contribution in [-0.2, 0) is 14.0 Å². The van der Waals surface area contributed by atoms with Crippen molar-refractivity contribution in [3.8, 4) is 0 Å². The third-order valence-electron chi connectivity index (χ3n) is 5.01. The number of rotatable bonds is 9. The van der Waals surface area contributed by atoms with Gasteiger partial charge in [-0.3, -0.25) is 0 Å². The maximum absolute atomic E-state index is 12.3. The van der Waals surface area contributed by atoms with E-state index in [4.69, 9.17) is 9.16 Å². The van der Waals surface area contributed by atoms with Gasteiger partial charge in [0.25, 0.3) is 0 Å². The van der Waals surface area contributed by atoms with Crippen LogP contribution in [0.2, 0.25) is 16.6 Å². The fraction of sp³-hybridized carbons (Fsp3) is 0.900. The molecule has 7 heteroatoms. The predicted octanol–water partition coefficient (Wildman–Crippen LogP) is 5.18. The molecular weight excluding hydrogens is 362 g/mol.